The third kappa shape index (κ3) is 5.71. The average Bonchev–Trinajstić information content (AvgIpc) is 2.31. The van der Waals surface area contributed by atoms with Crippen LogP contribution in [-0.2, 0) is 11.2 Å². The predicted octanol–water partition coefficient (Wildman–Crippen LogP) is 1.72. The number of amides is 1. The number of carbonyl (C=O) groups is 1. The van der Waals surface area contributed by atoms with E-state index in [1.54, 1.807) is 7.05 Å². The second kappa shape index (κ2) is 9.02. The molecule has 1 N–H and O–H groups in total. The van der Waals surface area contributed by atoms with Crippen LogP contribution in [0.3, 0.4) is 0 Å². The Hall–Kier alpha value is -1.06. The van der Waals surface area contributed by atoms with E-state index in [-0.39, 0.29) is 18.3 Å². The maximum Gasteiger partial charge on any atom is 0.236 e. The molecular weight excluding hydrogens is 236 g/mol. The number of nitrogens with one attached hydrogen (secondary N) is 1. The van der Waals surface area contributed by atoms with Crippen LogP contribution >= 0.6 is 12.4 Å². The highest BCUT2D eigenvalue weighted by Crippen LogP contribution is 2.01. The maximum atomic E-state index is 11.7. The van der Waals surface area contributed by atoms with E-state index in [9.17, 15) is 4.79 Å². The van der Waals surface area contributed by atoms with Gasteiger partial charge < -0.3 is 10.2 Å². The van der Waals surface area contributed by atoms with E-state index in [0.717, 1.165) is 19.5 Å². The highest BCUT2D eigenvalue weighted by molar-refractivity contribution is 5.85. The van der Waals surface area contributed by atoms with Crippen molar-refractivity contribution in [1.82, 2.24) is 10.2 Å². The highest BCUT2D eigenvalue weighted by atomic mass is 35.5. The Morgan fingerprint density at radius 3 is 2.47 bits per heavy atom. The topological polar surface area (TPSA) is 32.3 Å². The lowest BCUT2D eigenvalue weighted by Crippen LogP contribution is -2.38. The summed E-state index contributed by atoms with van der Waals surface area (Å²) in [4.78, 5) is 13.5. The van der Waals surface area contributed by atoms with Gasteiger partial charge in [0.2, 0.25) is 5.91 Å². The van der Waals surface area contributed by atoms with E-state index >= 15 is 0 Å². The molecule has 17 heavy (non-hydrogen) atoms. The molecule has 0 aliphatic heterocycles. The number of benzene rings is 1. The molecule has 1 aromatic rings. The molecule has 0 unspecified atom stereocenters. The van der Waals surface area contributed by atoms with Gasteiger partial charge in [-0.1, -0.05) is 30.3 Å². The number of hydrogen-bond donors (Lipinski definition) is 1. The second-order valence-electron chi connectivity index (χ2n) is 3.74. The minimum Gasteiger partial charge on any atom is -0.342 e. The molecule has 0 atom stereocenters. The van der Waals surface area contributed by atoms with Gasteiger partial charge in [-0.05, 0) is 26.0 Å². The smallest absolute Gasteiger partial charge is 0.236 e. The first-order chi connectivity index (χ1) is 7.77. The second-order valence-corrected chi connectivity index (χ2v) is 3.74. The van der Waals surface area contributed by atoms with E-state index in [0.29, 0.717) is 6.54 Å². The zero-order valence-electron chi connectivity index (χ0n) is 10.5. The van der Waals surface area contributed by atoms with Gasteiger partial charge in [0.15, 0.2) is 0 Å². The fourth-order valence-electron chi connectivity index (χ4n) is 1.63. The Kier molecular flexibility index (Phi) is 8.46. The van der Waals surface area contributed by atoms with E-state index in [1.165, 1.54) is 5.56 Å². The van der Waals surface area contributed by atoms with Crippen molar-refractivity contribution in [3.63, 3.8) is 0 Å². The first-order valence-corrected chi connectivity index (χ1v) is 5.74. The lowest BCUT2D eigenvalue weighted by atomic mass is 10.1. The Balaban J connectivity index is 0.00000256. The van der Waals surface area contributed by atoms with Crippen LogP contribution < -0.4 is 5.32 Å². The third-order valence-electron chi connectivity index (χ3n) is 2.58. The summed E-state index contributed by atoms with van der Waals surface area (Å²) in [5.41, 5.74) is 1.28. The van der Waals surface area contributed by atoms with Crippen molar-refractivity contribution in [2.45, 2.75) is 13.3 Å². The molecule has 1 aromatic carbocycles. The van der Waals surface area contributed by atoms with Gasteiger partial charge in [0, 0.05) is 13.1 Å². The summed E-state index contributed by atoms with van der Waals surface area (Å²) in [5.74, 6) is 0.168. The Bertz CT molecular complexity index is 316. The summed E-state index contributed by atoms with van der Waals surface area (Å²) >= 11 is 0. The quantitative estimate of drug-likeness (QED) is 0.841. The molecule has 0 aliphatic rings. The first-order valence-electron chi connectivity index (χ1n) is 5.74. The molecule has 1 rings (SSSR count). The van der Waals surface area contributed by atoms with Gasteiger partial charge >= 0.3 is 0 Å². The lowest BCUT2D eigenvalue weighted by molar-refractivity contribution is -0.129. The summed E-state index contributed by atoms with van der Waals surface area (Å²) in [7, 11) is 1.79. The largest absolute Gasteiger partial charge is 0.342 e. The highest BCUT2D eigenvalue weighted by Gasteiger charge is 2.09. The van der Waals surface area contributed by atoms with Crippen LogP contribution in [-0.4, -0.2) is 37.5 Å². The van der Waals surface area contributed by atoms with Crippen molar-refractivity contribution in [3.05, 3.63) is 35.9 Å². The molecule has 0 saturated carbocycles. The number of carbonyl (C=O) groups excluding carboxylic acids is 1. The normalized spacial score (nSPS) is 9.53. The summed E-state index contributed by atoms with van der Waals surface area (Å²) in [6.45, 7) is 4.00. The van der Waals surface area contributed by atoms with Crippen LogP contribution in [0.5, 0.6) is 0 Å². The monoisotopic (exact) mass is 256 g/mol. The molecule has 0 heterocycles. The van der Waals surface area contributed by atoms with E-state index < -0.39 is 0 Å². The minimum absolute atomic E-state index is 0. The van der Waals surface area contributed by atoms with Crippen molar-refractivity contribution in [2.24, 2.45) is 0 Å². The molecule has 3 nitrogen and oxygen atoms in total. The minimum atomic E-state index is 0. The van der Waals surface area contributed by atoms with Gasteiger partial charge in [0.05, 0.1) is 6.54 Å². The van der Waals surface area contributed by atoms with Crippen LogP contribution in [0.2, 0.25) is 0 Å². The van der Waals surface area contributed by atoms with Gasteiger partial charge in [-0.15, -0.1) is 12.4 Å². The van der Waals surface area contributed by atoms with Crippen molar-refractivity contribution in [1.29, 1.82) is 0 Å². The maximum absolute atomic E-state index is 11.7. The van der Waals surface area contributed by atoms with Crippen LogP contribution in [0, 0.1) is 0 Å². The molecule has 0 bridgehead atoms. The van der Waals surface area contributed by atoms with Crippen LogP contribution in [0.15, 0.2) is 30.3 Å². The van der Waals surface area contributed by atoms with Crippen LogP contribution in [0.4, 0.5) is 0 Å². The first kappa shape index (κ1) is 15.9. The third-order valence-corrected chi connectivity index (χ3v) is 2.58. The molecule has 4 heteroatoms. The SMILES string of the molecule is CCN(CCc1ccccc1)C(=O)CNC.Cl. The van der Waals surface area contributed by atoms with Gasteiger partial charge in [0.1, 0.15) is 0 Å². The molecule has 0 saturated heterocycles. The zero-order valence-corrected chi connectivity index (χ0v) is 11.3. The fourth-order valence-corrected chi connectivity index (χ4v) is 1.63. The molecule has 96 valence electrons. The van der Waals surface area contributed by atoms with Crippen LogP contribution in [0.1, 0.15) is 12.5 Å². The number of rotatable bonds is 6. The number of halogens is 1. The Morgan fingerprint density at radius 1 is 1.29 bits per heavy atom. The van der Waals surface area contributed by atoms with Crippen molar-refractivity contribution < 1.29 is 4.79 Å². The molecule has 0 spiro atoms. The number of likely N-dealkylation sites (N-methyl/N-ethyl adjacent to an activating group) is 2. The molecule has 0 fully saturated rings. The lowest BCUT2D eigenvalue weighted by Gasteiger charge is -2.20. The van der Waals surface area contributed by atoms with Crippen LogP contribution in [0.25, 0.3) is 0 Å². The summed E-state index contributed by atoms with van der Waals surface area (Å²) in [6.07, 6.45) is 0.921. The Morgan fingerprint density at radius 2 is 1.94 bits per heavy atom. The van der Waals surface area contributed by atoms with Gasteiger partial charge in [0.25, 0.3) is 0 Å². The molecule has 0 aromatic heterocycles. The van der Waals surface area contributed by atoms with Crippen molar-refractivity contribution in [3.8, 4) is 0 Å². The summed E-state index contributed by atoms with van der Waals surface area (Å²) in [5, 5.41) is 2.89. The van der Waals surface area contributed by atoms with E-state index in [1.807, 2.05) is 30.0 Å². The van der Waals surface area contributed by atoms with E-state index in [4.69, 9.17) is 0 Å². The average molecular weight is 257 g/mol. The van der Waals surface area contributed by atoms with Gasteiger partial charge in [-0.3, -0.25) is 4.79 Å². The predicted molar refractivity (Wildman–Crippen MR) is 73.6 cm³/mol. The van der Waals surface area contributed by atoms with E-state index in [2.05, 4.69) is 17.4 Å². The van der Waals surface area contributed by atoms with Crippen molar-refractivity contribution in [2.75, 3.05) is 26.7 Å². The zero-order chi connectivity index (χ0) is 11.8. The fraction of sp³-hybridized carbons (Fsp3) is 0.462. The summed E-state index contributed by atoms with van der Waals surface area (Å²) < 4.78 is 0. The molecule has 0 radical (unpaired) electrons. The number of hydrogen-bond acceptors (Lipinski definition) is 2. The van der Waals surface area contributed by atoms with Crippen molar-refractivity contribution >= 4 is 18.3 Å². The molecule has 1 amide bonds. The van der Waals surface area contributed by atoms with Gasteiger partial charge in [-0.2, -0.15) is 0 Å². The molecule has 0 aliphatic carbocycles. The molecular formula is C13H21ClN2O. The standard InChI is InChI=1S/C13H20N2O.ClH/c1-3-15(13(16)11-14-2)10-9-12-7-5-4-6-8-12;/h4-8,14H,3,9-11H2,1-2H3;1H. The van der Waals surface area contributed by atoms with Gasteiger partial charge in [-0.25, -0.2) is 0 Å². The summed E-state index contributed by atoms with van der Waals surface area (Å²) in [6, 6.07) is 10.3. The Labute approximate surface area is 110 Å². The number of nitrogens with zero attached hydrogens (tertiary/aromatic N) is 1.